The minimum atomic E-state index is -0.712. The van der Waals surface area contributed by atoms with Gasteiger partial charge in [-0.15, -0.1) is 0 Å². The van der Waals surface area contributed by atoms with E-state index in [0.717, 1.165) is 4.90 Å². The summed E-state index contributed by atoms with van der Waals surface area (Å²) >= 11 is 0. The van der Waals surface area contributed by atoms with E-state index < -0.39 is 23.8 Å². The van der Waals surface area contributed by atoms with Crippen LogP contribution in [-0.4, -0.2) is 37.5 Å². The Hall–Kier alpha value is -4.40. The number of methoxy groups -OCH3 is 1. The molecule has 9 nitrogen and oxygen atoms in total. The number of anilines is 1. The molecule has 0 atom stereocenters. The second-order valence-corrected chi connectivity index (χ2v) is 7.43. The number of hydrogen-bond acceptors (Lipinski definition) is 8. The van der Waals surface area contributed by atoms with Gasteiger partial charge in [-0.05, 0) is 62.4 Å². The van der Waals surface area contributed by atoms with Crippen LogP contribution in [-0.2, 0) is 16.1 Å². The highest BCUT2D eigenvalue weighted by molar-refractivity contribution is 6.34. The number of amides is 2. The van der Waals surface area contributed by atoms with E-state index in [2.05, 4.69) is 4.74 Å². The van der Waals surface area contributed by atoms with Gasteiger partial charge in [0.1, 0.15) is 18.1 Å². The molecule has 174 valence electrons. The van der Waals surface area contributed by atoms with Crippen LogP contribution in [0.1, 0.15) is 59.9 Å². The van der Waals surface area contributed by atoms with Crippen LogP contribution in [0.25, 0.3) is 0 Å². The molecule has 3 aromatic rings. The average molecular weight is 463 g/mol. The Labute approximate surface area is 194 Å². The van der Waals surface area contributed by atoms with Crippen molar-refractivity contribution in [3.05, 3.63) is 82.3 Å². The summed E-state index contributed by atoms with van der Waals surface area (Å²) in [6.07, 6.45) is 0. The Kier molecular flexibility index (Phi) is 6.18. The summed E-state index contributed by atoms with van der Waals surface area (Å²) in [6.45, 7) is 3.80. The van der Waals surface area contributed by atoms with Crippen LogP contribution in [0.5, 0.6) is 5.75 Å². The molecular weight excluding hydrogens is 442 g/mol. The van der Waals surface area contributed by atoms with E-state index in [9.17, 15) is 19.2 Å². The molecule has 34 heavy (non-hydrogen) atoms. The molecule has 0 saturated heterocycles. The second kappa shape index (κ2) is 9.22. The molecule has 0 spiro atoms. The Morgan fingerprint density at radius 2 is 1.65 bits per heavy atom. The molecule has 0 aliphatic carbocycles. The lowest BCUT2D eigenvalue weighted by Gasteiger charge is -2.14. The predicted molar refractivity (Wildman–Crippen MR) is 119 cm³/mol. The maximum atomic E-state index is 13.0. The van der Waals surface area contributed by atoms with E-state index in [1.165, 1.54) is 25.3 Å². The maximum Gasteiger partial charge on any atom is 0.374 e. The summed E-state index contributed by atoms with van der Waals surface area (Å²) in [5.74, 6) is -1.44. The summed E-state index contributed by atoms with van der Waals surface area (Å²) in [7, 11) is 1.24. The van der Waals surface area contributed by atoms with Crippen molar-refractivity contribution >= 4 is 29.4 Å². The van der Waals surface area contributed by atoms with Crippen LogP contribution < -0.4 is 9.64 Å². The van der Waals surface area contributed by atoms with E-state index in [0.29, 0.717) is 23.6 Å². The van der Waals surface area contributed by atoms with Gasteiger partial charge in [0.15, 0.2) is 0 Å². The number of ether oxygens (including phenoxy) is 3. The third-order valence-electron chi connectivity index (χ3n) is 5.21. The van der Waals surface area contributed by atoms with E-state index in [-0.39, 0.29) is 34.8 Å². The van der Waals surface area contributed by atoms with Crippen molar-refractivity contribution < 1.29 is 37.8 Å². The largest absolute Gasteiger partial charge is 0.494 e. The zero-order chi connectivity index (χ0) is 24.4. The first kappa shape index (κ1) is 22.8. The highest BCUT2D eigenvalue weighted by Gasteiger charge is 2.37. The monoisotopic (exact) mass is 463 g/mol. The number of benzene rings is 2. The topological polar surface area (TPSA) is 112 Å². The van der Waals surface area contributed by atoms with E-state index in [1.54, 1.807) is 37.3 Å². The summed E-state index contributed by atoms with van der Waals surface area (Å²) in [6, 6.07) is 12.3. The Balaban J connectivity index is 1.49. The normalized spacial score (nSPS) is 12.5. The first-order valence-corrected chi connectivity index (χ1v) is 10.4. The number of rotatable bonds is 7. The minimum absolute atomic E-state index is 0.0320. The summed E-state index contributed by atoms with van der Waals surface area (Å²) in [4.78, 5) is 51.1. The van der Waals surface area contributed by atoms with Crippen LogP contribution in [0.3, 0.4) is 0 Å². The van der Waals surface area contributed by atoms with Crippen LogP contribution in [0, 0.1) is 6.92 Å². The number of carbonyl (C=O) groups is 4. The zero-order valence-corrected chi connectivity index (χ0v) is 18.7. The number of nitrogens with zero attached hydrogens (tertiary/aromatic N) is 1. The molecule has 9 heteroatoms. The Bertz CT molecular complexity index is 1290. The smallest absolute Gasteiger partial charge is 0.374 e. The van der Waals surface area contributed by atoms with Crippen LogP contribution >= 0.6 is 0 Å². The number of furan rings is 1. The lowest BCUT2D eigenvalue weighted by Crippen LogP contribution is -2.29. The molecule has 2 heterocycles. The molecule has 0 N–H and O–H groups in total. The molecule has 0 radical (unpaired) electrons. The fourth-order valence-corrected chi connectivity index (χ4v) is 3.59. The van der Waals surface area contributed by atoms with Crippen LogP contribution in [0.2, 0.25) is 0 Å². The van der Waals surface area contributed by atoms with Gasteiger partial charge in [0, 0.05) is 5.56 Å². The number of esters is 2. The van der Waals surface area contributed by atoms with Crippen molar-refractivity contribution in [2.24, 2.45) is 0 Å². The molecule has 1 aliphatic heterocycles. The average Bonchev–Trinajstić information content (AvgIpc) is 3.34. The second-order valence-electron chi connectivity index (χ2n) is 7.43. The number of fused-ring (bicyclic) bond motifs is 1. The number of imide groups is 1. The molecule has 2 aromatic carbocycles. The maximum absolute atomic E-state index is 13.0. The van der Waals surface area contributed by atoms with Crippen molar-refractivity contribution in [1.82, 2.24) is 0 Å². The van der Waals surface area contributed by atoms with E-state index in [4.69, 9.17) is 13.9 Å². The lowest BCUT2D eigenvalue weighted by atomic mass is 10.1. The molecule has 2 amide bonds. The van der Waals surface area contributed by atoms with Gasteiger partial charge in [0.2, 0.25) is 5.76 Å². The van der Waals surface area contributed by atoms with Gasteiger partial charge in [-0.2, -0.15) is 0 Å². The van der Waals surface area contributed by atoms with Gasteiger partial charge in [-0.3, -0.25) is 9.59 Å². The third-order valence-corrected chi connectivity index (χ3v) is 5.21. The van der Waals surface area contributed by atoms with Gasteiger partial charge >= 0.3 is 11.9 Å². The standard InChI is InChI=1S/C25H21NO8/c1-4-32-17-8-6-16(7-9-17)26-22(27)19-10-5-15(12-20(19)23(26)28)24(29)33-13-18-11-14(2)21(34-18)25(30)31-3/h5-12H,4,13H2,1-3H3. The number of aryl methyl sites for hydroxylation is 1. The zero-order valence-electron chi connectivity index (χ0n) is 18.7. The Morgan fingerprint density at radius 1 is 0.941 bits per heavy atom. The van der Waals surface area contributed by atoms with Gasteiger partial charge in [-0.25, -0.2) is 14.5 Å². The quantitative estimate of drug-likeness (QED) is 0.383. The van der Waals surface area contributed by atoms with Crippen LogP contribution in [0.4, 0.5) is 5.69 Å². The fourth-order valence-electron chi connectivity index (χ4n) is 3.59. The molecule has 1 aromatic heterocycles. The highest BCUT2D eigenvalue weighted by Crippen LogP contribution is 2.30. The lowest BCUT2D eigenvalue weighted by molar-refractivity contribution is 0.0438. The van der Waals surface area contributed by atoms with Crippen molar-refractivity contribution in [1.29, 1.82) is 0 Å². The molecule has 0 saturated carbocycles. The number of hydrogen-bond donors (Lipinski definition) is 0. The Morgan fingerprint density at radius 3 is 2.32 bits per heavy atom. The van der Waals surface area contributed by atoms with Gasteiger partial charge in [0.05, 0.1) is 36.1 Å². The molecule has 0 unspecified atom stereocenters. The molecule has 4 rings (SSSR count). The third kappa shape index (κ3) is 4.15. The first-order valence-electron chi connectivity index (χ1n) is 10.4. The summed E-state index contributed by atoms with van der Waals surface area (Å²) in [5.41, 5.74) is 1.35. The van der Waals surface area contributed by atoms with E-state index >= 15 is 0 Å². The van der Waals surface area contributed by atoms with Gasteiger partial charge in [-0.1, -0.05) is 0 Å². The molecule has 0 bridgehead atoms. The molecule has 0 fully saturated rings. The summed E-state index contributed by atoms with van der Waals surface area (Å²) in [5, 5.41) is 0. The highest BCUT2D eigenvalue weighted by atomic mass is 16.6. The van der Waals surface area contributed by atoms with Crippen molar-refractivity contribution in [3.63, 3.8) is 0 Å². The van der Waals surface area contributed by atoms with E-state index in [1.807, 2.05) is 6.92 Å². The van der Waals surface area contributed by atoms with Crippen molar-refractivity contribution in [2.45, 2.75) is 20.5 Å². The summed E-state index contributed by atoms with van der Waals surface area (Å²) < 4.78 is 20.7. The fraction of sp³-hybridized carbons (Fsp3) is 0.200. The molecule has 1 aliphatic rings. The van der Waals surface area contributed by atoms with Crippen LogP contribution in [0.15, 0.2) is 52.9 Å². The predicted octanol–water partition coefficient (Wildman–Crippen LogP) is 3.93. The SMILES string of the molecule is CCOc1ccc(N2C(=O)c3ccc(C(=O)OCc4cc(C)c(C(=O)OC)o4)cc3C2=O)cc1. The van der Waals surface area contributed by atoms with Crippen molar-refractivity contribution in [3.8, 4) is 5.75 Å². The van der Waals surface area contributed by atoms with Gasteiger partial charge < -0.3 is 18.6 Å². The first-order chi connectivity index (χ1) is 16.3. The minimum Gasteiger partial charge on any atom is -0.494 e. The number of carbonyl (C=O) groups excluding carboxylic acids is 4. The van der Waals surface area contributed by atoms with Gasteiger partial charge in [0.25, 0.3) is 11.8 Å². The van der Waals surface area contributed by atoms with Crippen molar-refractivity contribution in [2.75, 3.05) is 18.6 Å². The molecular formula is C25H21NO8.